The van der Waals surface area contributed by atoms with E-state index in [1.165, 1.54) is 14.2 Å². The quantitative estimate of drug-likeness (QED) is 0.107. The van der Waals surface area contributed by atoms with Crippen LogP contribution < -0.4 is 28.4 Å². The molecule has 0 fully saturated rings. The Balaban J connectivity index is 1.53. The van der Waals surface area contributed by atoms with Gasteiger partial charge in [-0.3, -0.25) is 0 Å². The highest BCUT2D eigenvalue weighted by atomic mass is 79.9. The fourth-order valence-corrected chi connectivity index (χ4v) is 6.26. The predicted octanol–water partition coefficient (Wildman–Crippen LogP) is 10.2. The third-order valence-corrected chi connectivity index (χ3v) is 9.15. The van der Waals surface area contributed by atoms with Gasteiger partial charge in [0.15, 0.2) is 23.0 Å². The van der Waals surface area contributed by atoms with Crippen molar-refractivity contribution in [3.8, 4) is 57.1 Å². The molecule has 52 heavy (non-hydrogen) atoms. The molecule has 0 aliphatic carbocycles. The van der Waals surface area contributed by atoms with Gasteiger partial charge in [0.05, 0.1) is 25.3 Å². The van der Waals surface area contributed by atoms with Crippen LogP contribution in [0, 0.1) is 6.92 Å². The number of rotatable bonds is 15. The van der Waals surface area contributed by atoms with Crippen LogP contribution in [-0.4, -0.2) is 24.4 Å². The lowest BCUT2D eigenvalue weighted by Gasteiger charge is -2.25. The lowest BCUT2D eigenvalue weighted by molar-refractivity contribution is 0.239. The van der Waals surface area contributed by atoms with Gasteiger partial charge in [-0.1, -0.05) is 121 Å². The van der Waals surface area contributed by atoms with Gasteiger partial charge in [0.25, 0.3) is 0 Å². The van der Waals surface area contributed by atoms with Crippen molar-refractivity contribution < 1.29 is 38.6 Å². The molecule has 0 unspecified atom stereocenters. The number of hydrogen-bond donors (Lipinski definition) is 2. The molecule has 0 radical (unpaired) electrons. The first kappa shape index (κ1) is 36.0. The number of hydrogen-bond acceptors (Lipinski definition) is 8. The van der Waals surface area contributed by atoms with Gasteiger partial charge in [-0.15, -0.1) is 0 Å². The van der Waals surface area contributed by atoms with Crippen molar-refractivity contribution in [2.45, 2.75) is 33.4 Å². The van der Waals surface area contributed by atoms with Crippen molar-refractivity contribution in [3.05, 3.63) is 154 Å². The zero-order valence-corrected chi connectivity index (χ0v) is 30.7. The minimum atomic E-state index is -0.271. The van der Waals surface area contributed by atoms with E-state index in [1.54, 1.807) is 6.92 Å². The minimum Gasteiger partial charge on any atom is -0.507 e. The fraction of sp³-hybridized carbons (Fsp3) is 0.163. The summed E-state index contributed by atoms with van der Waals surface area (Å²) >= 11 is 3.59. The van der Waals surface area contributed by atoms with Crippen molar-refractivity contribution in [2.24, 2.45) is 0 Å². The summed E-state index contributed by atoms with van der Waals surface area (Å²) in [5.41, 5.74) is 4.22. The summed E-state index contributed by atoms with van der Waals surface area (Å²) in [4.78, 5) is 0. The Morgan fingerprint density at radius 2 is 0.731 bits per heavy atom. The van der Waals surface area contributed by atoms with Crippen LogP contribution in [0.1, 0.15) is 27.8 Å². The maximum Gasteiger partial charge on any atom is 0.206 e. The Hall–Kier alpha value is -5.80. The molecule has 0 spiro atoms. The first-order valence-electron chi connectivity index (χ1n) is 16.6. The van der Waals surface area contributed by atoms with Crippen LogP contribution in [0.2, 0.25) is 0 Å². The fourth-order valence-electron chi connectivity index (χ4n) is 5.77. The summed E-state index contributed by atoms with van der Waals surface area (Å²) in [6, 6.07) is 38.7. The maximum atomic E-state index is 12.0. The first-order valence-corrected chi connectivity index (χ1v) is 17.4. The van der Waals surface area contributed by atoms with Crippen molar-refractivity contribution in [1.82, 2.24) is 0 Å². The van der Waals surface area contributed by atoms with Gasteiger partial charge in [0.1, 0.15) is 42.4 Å². The van der Waals surface area contributed by atoms with Crippen molar-refractivity contribution in [3.63, 3.8) is 0 Å². The predicted molar refractivity (Wildman–Crippen MR) is 204 cm³/mol. The molecule has 266 valence electrons. The molecule has 0 aromatic heterocycles. The van der Waals surface area contributed by atoms with E-state index in [9.17, 15) is 10.2 Å². The third kappa shape index (κ3) is 7.90. The Bertz CT molecular complexity index is 1940. The maximum absolute atomic E-state index is 12.0. The van der Waals surface area contributed by atoms with E-state index < -0.39 is 0 Å². The Kier molecular flexibility index (Phi) is 11.7. The average Bonchev–Trinajstić information content (AvgIpc) is 3.19. The van der Waals surface area contributed by atoms with Crippen LogP contribution in [0.5, 0.6) is 46.0 Å². The summed E-state index contributed by atoms with van der Waals surface area (Å²) in [7, 11) is 2.93. The van der Waals surface area contributed by atoms with E-state index in [-0.39, 0.29) is 82.3 Å². The zero-order valence-electron chi connectivity index (χ0n) is 29.1. The Labute approximate surface area is 311 Å². The lowest BCUT2D eigenvalue weighted by atomic mass is 9.96. The molecule has 8 nitrogen and oxygen atoms in total. The smallest absolute Gasteiger partial charge is 0.206 e. The number of phenols is 2. The molecule has 0 atom stereocenters. The number of halogens is 1. The summed E-state index contributed by atoms with van der Waals surface area (Å²) in [5.74, 6) is 0.703. The molecule has 0 saturated heterocycles. The second-order valence-corrected chi connectivity index (χ2v) is 12.7. The number of methoxy groups -OCH3 is 2. The monoisotopic (exact) mass is 762 g/mol. The largest absolute Gasteiger partial charge is 0.507 e. The van der Waals surface area contributed by atoms with Crippen LogP contribution in [0.15, 0.2) is 126 Å². The van der Waals surface area contributed by atoms with Gasteiger partial charge in [-0.2, -0.15) is 0 Å². The molecule has 6 aromatic carbocycles. The number of aromatic hydroxyl groups is 2. The van der Waals surface area contributed by atoms with E-state index in [4.69, 9.17) is 28.4 Å². The third-order valence-electron chi connectivity index (χ3n) is 8.42. The van der Waals surface area contributed by atoms with Crippen LogP contribution in [0.3, 0.4) is 0 Å². The molecule has 2 N–H and O–H groups in total. The molecule has 0 saturated carbocycles. The topological polar surface area (TPSA) is 95.8 Å². The molecule has 0 aliphatic heterocycles. The zero-order chi connectivity index (χ0) is 36.5. The molecule has 0 heterocycles. The molecule has 6 rings (SSSR count). The molecule has 0 aliphatic rings. The van der Waals surface area contributed by atoms with Gasteiger partial charge < -0.3 is 38.6 Å². The average molecular weight is 764 g/mol. The minimum absolute atomic E-state index is 0.0983. The summed E-state index contributed by atoms with van der Waals surface area (Å²) < 4.78 is 37.8. The summed E-state index contributed by atoms with van der Waals surface area (Å²) in [6.07, 6.45) is 0. The van der Waals surface area contributed by atoms with E-state index in [0.717, 1.165) is 22.3 Å². The lowest BCUT2D eigenvalue weighted by Crippen LogP contribution is -2.07. The van der Waals surface area contributed by atoms with Crippen LogP contribution >= 0.6 is 15.9 Å². The SMILES string of the molecule is COc1c(OCc2ccccc2)c(OCc2ccccc2)c(C)c(O)c1-c1c(O)c(Br)c(OCc2ccccc2)c(OCc2ccccc2)c1OC. The first-order chi connectivity index (χ1) is 25.4. The van der Waals surface area contributed by atoms with Gasteiger partial charge in [-0.05, 0) is 45.1 Å². The van der Waals surface area contributed by atoms with E-state index >= 15 is 0 Å². The van der Waals surface area contributed by atoms with Crippen LogP contribution in [0.25, 0.3) is 11.1 Å². The second-order valence-electron chi connectivity index (χ2n) is 11.9. The standard InChI is InChI=1S/C43H39BrO8/c1-28-36(45)33(39(47-2)42(51-26-31-20-12-6-13-21-31)38(28)49-24-29-16-8-4-9-17-29)34-37(46)35(44)41(50-25-30-18-10-5-11-19-30)43(40(34)48-3)52-27-32-22-14-7-15-23-32/h4-23,45-46H,24-27H2,1-3H3. The van der Waals surface area contributed by atoms with Crippen LogP contribution in [-0.2, 0) is 26.4 Å². The van der Waals surface area contributed by atoms with E-state index in [0.29, 0.717) is 11.3 Å². The molecular weight excluding hydrogens is 724 g/mol. The highest BCUT2D eigenvalue weighted by molar-refractivity contribution is 9.10. The van der Waals surface area contributed by atoms with Crippen molar-refractivity contribution in [2.75, 3.05) is 14.2 Å². The highest BCUT2D eigenvalue weighted by Crippen LogP contribution is 2.62. The molecule has 0 bridgehead atoms. The van der Waals surface area contributed by atoms with Gasteiger partial charge >= 0.3 is 0 Å². The number of benzene rings is 6. The van der Waals surface area contributed by atoms with E-state index in [1.807, 2.05) is 121 Å². The van der Waals surface area contributed by atoms with Crippen LogP contribution in [0.4, 0.5) is 0 Å². The van der Waals surface area contributed by atoms with E-state index in [2.05, 4.69) is 15.9 Å². The normalized spacial score (nSPS) is 10.8. The highest BCUT2D eigenvalue weighted by Gasteiger charge is 2.35. The molecule has 6 aromatic rings. The van der Waals surface area contributed by atoms with Crippen molar-refractivity contribution >= 4 is 15.9 Å². The Morgan fingerprint density at radius 1 is 0.423 bits per heavy atom. The number of ether oxygens (including phenoxy) is 6. The molecule has 0 amide bonds. The van der Waals surface area contributed by atoms with Gasteiger partial charge in [-0.25, -0.2) is 0 Å². The summed E-state index contributed by atoms with van der Waals surface area (Å²) in [6.45, 7) is 2.44. The Morgan fingerprint density at radius 3 is 1.10 bits per heavy atom. The van der Waals surface area contributed by atoms with Gasteiger partial charge in [0.2, 0.25) is 11.5 Å². The number of phenolic OH excluding ortho intramolecular Hbond substituents is 2. The second kappa shape index (κ2) is 16.9. The molecular formula is C43H39BrO8. The van der Waals surface area contributed by atoms with Crippen molar-refractivity contribution in [1.29, 1.82) is 0 Å². The van der Waals surface area contributed by atoms with Gasteiger partial charge in [0, 0.05) is 5.56 Å². The summed E-state index contributed by atoms with van der Waals surface area (Å²) in [5, 5.41) is 24.0. The molecule has 9 heteroatoms.